The summed E-state index contributed by atoms with van der Waals surface area (Å²) in [5.74, 6) is 5.05. The van der Waals surface area contributed by atoms with Crippen LogP contribution in [0, 0.1) is 6.92 Å². The lowest BCUT2D eigenvalue weighted by Crippen LogP contribution is -2.49. The van der Waals surface area contributed by atoms with Gasteiger partial charge in [-0.05, 0) is 26.2 Å². The first kappa shape index (κ1) is 19.8. The van der Waals surface area contributed by atoms with Crippen molar-refractivity contribution < 1.29 is 0 Å². The van der Waals surface area contributed by atoms with Crippen molar-refractivity contribution in [2.45, 2.75) is 90.4 Å². The molecule has 0 amide bonds. The standard InChI is InChI=1S/C20H33N9/c1-13(2)19-24-17-10-9-16(12-29(17)27-19)23-20(22-15-7-5-6-8-15)21-11-18-26-25-14(3)28(18)4/h13,15-16H,5-12H2,1-4H3,(H2,21,22,23). The van der Waals surface area contributed by atoms with Crippen LogP contribution in [0.25, 0.3) is 0 Å². The van der Waals surface area contributed by atoms with Gasteiger partial charge in [-0.1, -0.05) is 26.7 Å². The summed E-state index contributed by atoms with van der Waals surface area (Å²) < 4.78 is 4.06. The minimum atomic E-state index is 0.290. The molecule has 1 aliphatic carbocycles. The Morgan fingerprint density at radius 2 is 1.90 bits per heavy atom. The molecule has 29 heavy (non-hydrogen) atoms. The molecule has 0 aromatic carbocycles. The quantitative estimate of drug-likeness (QED) is 0.588. The van der Waals surface area contributed by atoms with Gasteiger partial charge < -0.3 is 15.2 Å². The summed E-state index contributed by atoms with van der Waals surface area (Å²) in [7, 11) is 1.98. The fraction of sp³-hybridized carbons (Fsp3) is 0.750. The molecule has 0 saturated heterocycles. The van der Waals surface area contributed by atoms with Gasteiger partial charge in [0.1, 0.15) is 18.2 Å². The van der Waals surface area contributed by atoms with E-state index in [1.165, 1.54) is 25.7 Å². The van der Waals surface area contributed by atoms with Crippen molar-refractivity contribution in [2.24, 2.45) is 12.0 Å². The summed E-state index contributed by atoms with van der Waals surface area (Å²) in [6.07, 6.45) is 6.97. The summed E-state index contributed by atoms with van der Waals surface area (Å²) in [4.78, 5) is 9.54. The van der Waals surface area contributed by atoms with Crippen LogP contribution in [0.2, 0.25) is 0 Å². The van der Waals surface area contributed by atoms with Gasteiger partial charge in [-0.2, -0.15) is 5.10 Å². The van der Waals surface area contributed by atoms with Crippen LogP contribution in [-0.2, 0) is 26.6 Å². The molecule has 1 aliphatic heterocycles. The molecule has 4 rings (SSSR count). The Bertz CT molecular complexity index is 857. The van der Waals surface area contributed by atoms with E-state index in [1.807, 2.05) is 18.5 Å². The highest BCUT2D eigenvalue weighted by Gasteiger charge is 2.24. The van der Waals surface area contributed by atoms with Crippen LogP contribution in [0.15, 0.2) is 4.99 Å². The summed E-state index contributed by atoms with van der Waals surface area (Å²) in [6, 6.07) is 0.790. The average molecular weight is 400 g/mol. The van der Waals surface area contributed by atoms with E-state index in [-0.39, 0.29) is 6.04 Å². The molecule has 9 heteroatoms. The predicted octanol–water partition coefficient (Wildman–Crippen LogP) is 1.83. The zero-order chi connectivity index (χ0) is 20.4. The molecule has 3 heterocycles. The van der Waals surface area contributed by atoms with Gasteiger partial charge >= 0.3 is 0 Å². The highest BCUT2D eigenvalue weighted by molar-refractivity contribution is 5.80. The minimum Gasteiger partial charge on any atom is -0.354 e. The Kier molecular flexibility index (Phi) is 5.82. The van der Waals surface area contributed by atoms with Crippen molar-refractivity contribution >= 4 is 5.96 Å². The van der Waals surface area contributed by atoms with Gasteiger partial charge in [0.25, 0.3) is 0 Å². The molecule has 1 unspecified atom stereocenters. The zero-order valence-electron chi connectivity index (χ0n) is 18.0. The second-order valence-corrected chi connectivity index (χ2v) is 8.62. The molecule has 2 aliphatic rings. The number of aromatic nitrogens is 6. The summed E-state index contributed by atoms with van der Waals surface area (Å²) in [5.41, 5.74) is 0. The van der Waals surface area contributed by atoms with Crippen LogP contribution in [0.5, 0.6) is 0 Å². The Hall–Kier alpha value is -2.45. The number of aryl methyl sites for hydroxylation is 2. The van der Waals surface area contributed by atoms with Crippen molar-refractivity contribution in [3.05, 3.63) is 23.3 Å². The van der Waals surface area contributed by atoms with Crippen LogP contribution in [0.3, 0.4) is 0 Å². The van der Waals surface area contributed by atoms with E-state index >= 15 is 0 Å². The average Bonchev–Trinajstić information content (AvgIpc) is 3.42. The number of aliphatic imine (C=N–C) groups is 1. The lowest BCUT2D eigenvalue weighted by Gasteiger charge is -2.27. The molecule has 1 fully saturated rings. The van der Waals surface area contributed by atoms with Gasteiger partial charge in [0.2, 0.25) is 0 Å². The number of guanidine groups is 1. The Balaban J connectivity index is 1.45. The normalized spacial score (nSPS) is 20.3. The number of hydrogen-bond acceptors (Lipinski definition) is 5. The smallest absolute Gasteiger partial charge is 0.192 e. The molecule has 1 atom stereocenters. The van der Waals surface area contributed by atoms with Gasteiger partial charge in [-0.15, -0.1) is 10.2 Å². The van der Waals surface area contributed by atoms with Gasteiger partial charge in [0.15, 0.2) is 17.6 Å². The van der Waals surface area contributed by atoms with Crippen molar-refractivity contribution in [1.29, 1.82) is 0 Å². The third kappa shape index (κ3) is 4.59. The number of rotatable bonds is 5. The second-order valence-electron chi connectivity index (χ2n) is 8.62. The largest absolute Gasteiger partial charge is 0.354 e. The maximum atomic E-state index is 4.84. The van der Waals surface area contributed by atoms with E-state index < -0.39 is 0 Å². The molecule has 9 nitrogen and oxygen atoms in total. The maximum absolute atomic E-state index is 4.84. The third-order valence-corrected chi connectivity index (χ3v) is 5.99. The first-order chi connectivity index (χ1) is 14.0. The minimum absolute atomic E-state index is 0.290. The van der Waals surface area contributed by atoms with Crippen molar-refractivity contribution in [3.63, 3.8) is 0 Å². The summed E-state index contributed by atoms with van der Waals surface area (Å²) in [5, 5.41) is 20.4. The molecule has 2 N–H and O–H groups in total. The predicted molar refractivity (Wildman–Crippen MR) is 112 cm³/mol. The van der Waals surface area contributed by atoms with Gasteiger partial charge in [0, 0.05) is 31.5 Å². The first-order valence-corrected chi connectivity index (χ1v) is 10.9. The topological polar surface area (TPSA) is 97.8 Å². The highest BCUT2D eigenvalue weighted by Crippen LogP contribution is 2.19. The Labute approximate surface area is 172 Å². The molecule has 2 aromatic heterocycles. The molecule has 0 spiro atoms. The lowest BCUT2D eigenvalue weighted by atomic mass is 10.1. The fourth-order valence-corrected chi connectivity index (χ4v) is 4.02. The van der Waals surface area contributed by atoms with Crippen molar-refractivity contribution in [1.82, 2.24) is 40.2 Å². The molecular weight excluding hydrogens is 366 g/mol. The number of nitrogens with one attached hydrogen (secondary N) is 2. The number of fused-ring (bicyclic) bond motifs is 1. The molecule has 1 saturated carbocycles. The van der Waals surface area contributed by atoms with E-state index in [0.717, 1.165) is 48.6 Å². The Morgan fingerprint density at radius 3 is 2.59 bits per heavy atom. The van der Waals surface area contributed by atoms with E-state index in [2.05, 4.69) is 39.4 Å². The molecule has 2 aromatic rings. The van der Waals surface area contributed by atoms with E-state index in [1.54, 1.807) is 0 Å². The zero-order valence-corrected chi connectivity index (χ0v) is 18.0. The van der Waals surface area contributed by atoms with Crippen LogP contribution < -0.4 is 10.6 Å². The molecular formula is C20H33N9. The maximum Gasteiger partial charge on any atom is 0.192 e. The monoisotopic (exact) mass is 399 g/mol. The van der Waals surface area contributed by atoms with E-state index in [0.29, 0.717) is 18.5 Å². The number of hydrogen-bond donors (Lipinski definition) is 2. The molecule has 0 bridgehead atoms. The van der Waals surface area contributed by atoms with Gasteiger partial charge in [-0.25, -0.2) is 14.7 Å². The number of nitrogens with zero attached hydrogens (tertiary/aromatic N) is 7. The van der Waals surface area contributed by atoms with E-state index in [4.69, 9.17) is 15.1 Å². The second kappa shape index (κ2) is 8.51. The van der Waals surface area contributed by atoms with Crippen molar-refractivity contribution in [3.8, 4) is 0 Å². The first-order valence-electron chi connectivity index (χ1n) is 10.9. The fourth-order valence-electron chi connectivity index (χ4n) is 4.02. The highest BCUT2D eigenvalue weighted by atomic mass is 15.4. The SMILES string of the molecule is Cc1nnc(CN=C(NC2CCCC2)NC2CCc3nc(C(C)C)nn3C2)n1C. The van der Waals surface area contributed by atoms with Crippen LogP contribution in [0.4, 0.5) is 0 Å². The Morgan fingerprint density at radius 1 is 1.14 bits per heavy atom. The van der Waals surface area contributed by atoms with Gasteiger partial charge in [-0.3, -0.25) is 0 Å². The third-order valence-electron chi connectivity index (χ3n) is 5.99. The lowest BCUT2D eigenvalue weighted by molar-refractivity contribution is 0.389. The van der Waals surface area contributed by atoms with Crippen LogP contribution in [0.1, 0.15) is 75.2 Å². The van der Waals surface area contributed by atoms with E-state index in [9.17, 15) is 0 Å². The van der Waals surface area contributed by atoms with Crippen LogP contribution in [-0.4, -0.2) is 47.6 Å². The molecule has 0 radical (unpaired) electrons. The summed E-state index contributed by atoms with van der Waals surface area (Å²) >= 11 is 0. The van der Waals surface area contributed by atoms with Gasteiger partial charge in [0.05, 0.1) is 6.54 Å². The van der Waals surface area contributed by atoms with Crippen molar-refractivity contribution in [2.75, 3.05) is 0 Å². The molecule has 158 valence electrons. The van der Waals surface area contributed by atoms with Crippen LogP contribution >= 0.6 is 0 Å². The summed E-state index contributed by atoms with van der Waals surface area (Å²) in [6.45, 7) is 7.57.